The van der Waals surface area contributed by atoms with Gasteiger partial charge in [0.1, 0.15) is 9.53 Å². The predicted octanol–water partition coefficient (Wildman–Crippen LogP) is 3.96. The average Bonchev–Trinajstić information content (AvgIpc) is 2.97. The van der Waals surface area contributed by atoms with Crippen molar-refractivity contribution in [2.45, 2.75) is 61.9 Å². The van der Waals surface area contributed by atoms with Gasteiger partial charge in [-0.25, -0.2) is 0 Å². The molecular weight excluding hydrogens is 339 g/mol. The van der Waals surface area contributed by atoms with Gasteiger partial charge >= 0.3 is 5.97 Å². The lowest BCUT2D eigenvalue weighted by atomic mass is 9.73. The summed E-state index contributed by atoms with van der Waals surface area (Å²) in [6, 6.07) is 0. The molecule has 0 N–H and O–H groups in total. The van der Waals surface area contributed by atoms with Crippen LogP contribution in [0.25, 0.3) is 0 Å². The second kappa shape index (κ2) is 4.64. The molecule has 102 valence electrons. The summed E-state index contributed by atoms with van der Waals surface area (Å²) in [4.78, 5) is 12.1. The van der Waals surface area contributed by atoms with Gasteiger partial charge in [0, 0.05) is 5.92 Å². The van der Waals surface area contributed by atoms with E-state index in [2.05, 4.69) is 36.4 Å². The lowest BCUT2D eigenvalue weighted by molar-refractivity contribution is -0.165. The van der Waals surface area contributed by atoms with Gasteiger partial charge in [0.05, 0.1) is 0 Å². The zero-order chi connectivity index (χ0) is 12.9. The number of carbonyl (C=O) groups is 1. The molecule has 0 saturated heterocycles. The molecule has 6 atom stereocenters. The Morgan fingerprint density at radius 3 is 2.89 bits per heavy atom. The van der Waals surface area contributed by atoms with Crippen molar-refractivity contribution in [3.63, 3.8) is 0 Å². The van der Waals surface area contributed by atoms with E-state index in [1.807, 2.05) is 0 Å². The van der Waals surface area contributed by atoms with E-state index in [1.165, 1.54) is 25.7 Å². The smallest absolute Gasteiger partial charge is 0.319 e. The number of carbonyl (C=O) groups excluding carboxylic acids is 1. The molecule has 3 aliphatic rings. The molecule has 3 rings (SSSR count). The monoisotopic (exact) mass is 362 g/mol. The Hall–Kier alpha value is 0.200. The van der Waals surface area contributed by atoms with E-state index in [0.717, 1.165) is 30.6 Å². The number of fused-ring (bicyclic) bond motifs is 5. The summed E-state index contributed by atoms with van der Waals surface area (Å²) in [5, 5.41) is 0. The van der Waals surface area contributed by atoms with Crippen LogP contribution in [0.2, 0.25) is 0 Å². The standard InChI is InChI=1S/C15H23IO2/c1-3-13(16)14(17)18-15(2)8-9-7-12(15)11-6-4-5-10(9)11/h9-13H,3-8H2,1-2H3. The second-order valence-corrected chi connectivity index (χ2v) is 8.18. The summed E-state index contributed by atoms with van der Waals surface area (Å²) in [5.41, 5.74) is -0.147. The first-order valence-electron chi connectivity index (χ1n) is 7.42. The molecule has 3 saturated carbocycles. The first kappa shape index (κ1) is 13.2. The largest absolute Gasteiger partial charge is 0.458 e. The third-order valence-corrected chi connectivity index (χ3v) is 7.09. The van der Waals surface area contributed by atoms with E-state index in [9.17, 15) is 4.79 Å². The highest BCUT2D eigenvalue weighted by Gasteiger charge is 2.60. The molecule has 0 spiro atoms. The van der Waals surface area contributed by atoms with E-state index >= 15 is 0 Å². The fourth-order valence-electron chi connectivity index (χ4n) is 4.96. The summed E-state index contributed by atoms with van der Waals surface area (Å²) in [6.45, 7) is 4.25. The molecule has 2 bridgehead atoms. The van der Waals surface area contributed by atoms with E-state index in [-0.39, 0.29) is 15.5 Å². The van der Waals surface area contributed by atoms with Gasteiger partial charge in [0.25, 0.3) is 0 Å². The second-order valence-electron chi connectivity index (χ2n) is 6.67. The number of alkyl halides is 1. The van der Waals surface area contributed by atoms with Crippen molar-refractivity contribution >= 4 is 28.6 Å². The summed E-state index contributed by atoms with van der Waals surface area (Å²) < 4.78 is 5.97. The lowest BCUT2D eigenvalue weighted by Gasteiger charge is -2.40. The summed E-state index contributed by atoms with van der Waals surface area (Å²) >= 11 is 2.21. The summed E-state index contributed by atoms with van der Waals surface area (Å²) in [6.07, 6.45) is 7.51. The van der Waals surface area contributed by atoms with Gasteiger partial charge in [-0.1, -0.05) is 35.9 Å². The van der Waals surface area contributed by atoms with Crippen LogP contribution in [0.15, 0.2) is 0 Å². The minimum Gasteiger partial charge on any atom is -0.458 e. The van der Waals surface area contributed by atoms with Crippen LogP contribution in [0, 0.1) is 23.7 Å². The van der Waals surface area contributed by atoms with Crippen molar-refractivity contribution in [2.24, 2.45) is 23.7 Å². The van der Waals surface area contributed by atoms with Gasteiger partial charge in [0.15, 0.2) is 0 Å². The highest BCUT2D eigenvalue weighted by Crippen LogP contribution is 2.63. The Bertz CT molecular complexity index is 356. The minimum absolute atomic E-state index is 0.0164. The Balaban J connectivity index is 1.71. The van der Waals surface area contributed by atoms with Gasteiger partial charge in [0.2, 0.25) is 0 Å². The molecule has 18 heavy (non-hydrogen) atoms. The zero-order valence-corrected chi connectivity index (χ0v) is 13.5. The van der Waals surface area contributed by atoms with E-state index in [0.29, 0.717) is 5.92 Å². The molecule has 0 radical (unpaired) electrons. The fourth-order valence-corrected chi connectivity index (χ4v) is 5.09. The molecule has 0 aromatic carbocycles. The molecule has 0 aliphatic heterocycles. The minimum atomic E-state index is -0.147. The van der Waals surface area contributed by atoms with Crippen LogP contribution in [0.4, 0.5) is 0 Å². The maximum Gasteiger partial charge on any atom is 0.319 e. The molecule has 3 heteroatoms. The van der Waals surface area contributed by atoms with Crippen molar-refractivity contribution < 1.29 is 9.53 Å². The van der Waals surface area contributed by atoms with Gasteiger partial charge < -0.3 is 4.74 Å². The Morgan fingerprint density at radius 1 is 1.44 bits per heavy atom. The van der Waals surface area contributed by atoms with Gasteiger partial charge in [-0.3, -0.25) is 4.79 Å². The van der Waals surface area contributed by atoms with Gasteiger partial charge in [-0.2, -0.15) is 0 Å². The maximum atomic E-state index is 12.1. The van der Waals surface area contributed by atoms with Crippen molar-refractivity contribution in [1.82, 2.24) is 0 Å². The van der Waals surface area contributed by atoms with E-state index in [1.54, 1.807) is 0 Å². The Morgan fingerprint density at radius 2 is 2.17 bits per heavy atom. The van der Waals surface area contributed by atoms with Crippen LogP contribution in [-0.4, -0.2) is 15.5 Å². The quantitative estimate of drug-likeness (QED) is 0.432. The molecule has 6 unspecified atom stereocenters. The first-order chi connectivity index (χ1) is 8.55. The van der Waals surface area contributed by atoms with Crippen molar-refractivity contribution in [3.8, 4) is 0 Å². The SMILES string of the molecule is CCC(I)C(=O)OC1(C)CC2CC1C1CCCC21. The van der Waals surface area contributed by atoms with Crippen LogP contribution in [-0.2, 0) is 9.53 Å². The molecule has 0 aromatic rings. The number of hydrogen-bond acceptors (Lipinski definition) is 2. The average molecular weight is 362 g/mol. The molecule has 3 aliphatic carbocycles. The molecule has 0 amide bonds. The number of halogens is 1. The number of esters is 1. The summed E-state index contributed by atoms with van der Waals surface area (Å²) in [7, 11) is 0. The third-order valence-electron chi connectivity index (χ3n) is 5.70. The lowest BCUT2D eigenvalue weighted by Crippen LogP contribution is -2.43. The van der Waals surface area contributed by atoms with Crippen LogP contribution in [0.1, 0.15) is 52.4 Å². The Labute approximate surface area is 123 Å². The van der Waals surface area contributed by atoms with Gasteiger partial charge in [-0.15, -0.1) is 0 Å². The first-order valence-corrected chi connectivity index (χ1v) is 8.66. The molecule has 0 heterocycles. The predicted molar refractivity (Wildman–Crippen MR) is 79.6 cm³/mol. The molecule has 2 nitrogen and oxygen atoms in total. The zero-order valence-electron chi connectivity index (χ0n) is 11.3. The van der Waals surface area contributed by atoms with Crippen molar-refractivity contribution in [1.29, 1.82) is 0 Å². The highest BCUT2D eigenvalue weighted by molar-refractivity contribution is 14.1. The number of hydrogen-bond donors (Lipinski definition) is 0. The van der Waals surface area contributed by atoms with Crippen molar-refractivity contribution in [3.05, 3.63) is 0 Å². The van der Waals surface area contributed by atoms with Crippen LogP contribution in [0.5, 0.6) is 0 Å². The maximum absolute atomic E-state index is 12.1. The molecule has 3 fully saturated rings. The molecular formula is C15H23IO2. The van der Waals surface area contributed by atoms with E-state index < -0.39 is 0 Å². The Kier molecular flexibility index (Phi) is 3.40. The van der Waals surface area contributed by atoms with Crippen LogP contribution in [0.3, 0.4) is 0 Å². The fraction of sp³-hybridized carbons (Fsp3) is 0.933. The topological polar surface area (TPSA) is 26.3 Å². The van der Waals surface area contributed by atoms with Crippen molar-refractivity contribution in [2.75, 3.05) is 0 Å². The highest BCUT2D eigenvalue weighted by atomic mass is 127. The van der Waals surface area contributed by atoms with Gasteiger partial charge in [-0.05, 0) is 56.8 Å². The van der Waals surface area contributed by atoms with Crippen LogP contribution < -0.4 is 0 Å². The normalized spacial score (nSPS) is 47.1. The molecule has 0 aromatic heterocycles. The number of ether oxygens (including phenoxy) is 1. The summed E-state index contributed by atoms with van der Waals surface area (Å²) in [5.74, 6) is 3.33. The van der Waals surface area contributed by atoms with Crippen LogP contribution >= 0.6 is 22.6 Å². The van der Waals surface area contributed by atoms with E-state index in [4.69, 9.17) is 4.74 Å². The third kappa shape index (κ3) is 1.92. The number of rotatable bonds is 3.